The minimum Gasteiger partial charge on any atom is -0.494 e. The van der Waals surface area contributed by atoms with Crippen molar-refractivity contribution in [2.24, 2.45) is 0 Å². The molecule has 0 saturated heterocycles. The Hall–Kier alpha value is -3.45. The Labute approximate surface area is 190 Å². The molecular weight excluding hydrogens is 429 g/mol. The molecule has 0 saturated carbocycles. The van der Waals surface area contributed by atoms with E-state index in [4.69, 9.17) is 9.47 Å². The Kier molecular flexibility index (Phi) is 7.78. The summed E-state index contributed by atoms with van der Waals surface area (Å²) in [6.45, 7) is 6.30. The lowest BCUT2D eigenvalue weighted by molar-refractivity contribution is -0.111. The molecule has 0 bridgehead atoms. The highest BCUT2D eigenvalue weighted by Crippen LogP contribution is 2.40. The highest BCUT2D eigenvalue weighted by molar-refractivity contribution is 7.17. The molecule has 0 spiro atoms. The second-order valence-corrected chi connectivity index (χ2v) is 8.02. The Morgan fingerprint density at radius 2 is 1.84 bits per heavy atom. The van der Waals surface area contributed by atoms with Crippen molar-refractivity contribution in [2.75, 3.05) is 18.5 Å². The van der Waals surface area contributed by atoms with Gasteiger partial charge in [-0.25, -0.2) is 9.18 Å². The molecule has 0 aliphatic heterocycles. The molecule has 5 nitrogen and oxygen atoms in total. The third kappa shape index (κ3) is 5.62. The predicted molar refractivity (Wildman–Crippen MR) is 126 cm³/mol. The van der Waals surface area contributed by atoms with Crippen molar-refractivity contribution in [1.82, 2.24) is 0 Å². The molecule has 1 aromatic heterocycles. The third-order valence-electron chi connectivity index (χ3n) is 4.53. The van der Waals surface area contributed by atoms with Gasteiger partial charge in [-0.3, -0.25) is 4.79 Å². The van der Waals surface area contributed by atoms with Gasteiger partial charge in [0.05, 0.1) is 13.2 Å². The quantitative estimate of drug-likeness (QED) is 0.331. The van der Waals surface area contributed by atoms with Crippen LogP contribution in [-0.2, 0) is 9.53 Å². The minimum absolute atomic E-state index is 0.212. The number of anilines is 1. The molecule has 3 rings (SSSR count). The van der Waals surface area contributed by atoms with Crippen LogP contribution in [0, 0.1) is 12.7 Å². The molecule has 0 aliphatic rings. The first-order valence-electron chi connectivity index (χ1n) is 10.2. The number of esters is 1. The number of rotatable bonds is 8. The summed E-state index contributed by atoms with van der Waals surface area (Å²) in [5.41, 5.74) is 2.40. The first-order valence-corrected chi connectivity index (χ1v) is 11.0. The molecular formula is C25H24FNO4S. The average Bonchev–Trinajstić information content (AvgIpc) is 3.09. The molecule has 166 valence electrons. The fraction of sp³-hybridized carbons (Fsp3) is 0.200. The Balaban J connectivity index is 1.92. The summed E-state index contributed by atoms with van der Waals surface area (Å²) in [5.74, 6) is -0.590. The van der Waals surface area contributed by atoms with Gasteiger partial charge in [-0.15, -0.1) is 11.3 Å². The van der Waals surface area contributed by atoms with Crippen LogP contribution in [0.25, 0.3) is 17.2 Å². The Morgan fingerprint density at radius 1 is 1.09 bits per heavy atom. The fourth-order valence-electron chi connectivity index (χ4n) is 3.20. The van der Waals surface area contributed by atoms with E-state index in [9.17, 15) is 14.0 Å². The van der Waals surface area contributed by atoms with Crippen LogP contribution in [0.5, 0.6) is 5.75 Å². The lowest BCUT2D eigenvalue weighted by atomic mass is 10.0. The second-order valence-electron chi connectivity index (χ2n) is 6.79. The zero-order chi connectivity index (χ0) is 23.1. The van der Waals surface area contributed by atoms with Crippen molar-refractivity contribution in [1.29, 1.82) is 0 Å². The van der Waals surface area contributed by atoms with Crippen LogP contribution in [0.3, 0.4) is 0 Å². The molecule has 3 aromatic rings. The standard InChI is InChI=1S/C25H24FNO4S/c1-4-30-20-12-10-18(11-13-20)22-16(3)32-24(23(22)25(29)31-5-2)27-21(28)14-9-17-7-6-8-19(26)15-17/h6-15H,4-5H2,1-3H3,(H,27,28)/b14-9+. The monoisotopic (exact) mass is 453 g/mol. The van der Waals surface area contributed by atoms with E-state index < -0.39 is 11.9 Å². The molecule has 0 unspecified atom stereocenters. The number of benzene rings is 2. The topological polar surface area (TPSA) is 64.6 Å². The minimum atomic E-state index is -0.509. The smallest absolute Gasteiger partial charge is 0.341 e. The number of ether oxygens (including phenoxy) is 2. The molecule has 7 heteroatoms. The van der Waals surface area contributed by atoms with Crippen LogP contribution in [0.2, 0.25) is 0 Å². The lowest BCUT2D eigenvalue weighted by Crippen LogP contribution is -2.12. The van der Waals surface area contributed by atoms with E-state index in [0.717, 1.165) is 16.2 Å². The number of thiophene rings is 1. The molecule has 0 radical (unpaired) electrons. The van der Waals surface area contributed by atoms with Gasteiger partial charge < -0.3 is 14.8 Å². The largest absolute Gasteiger partial charge is 0.494 e. The van der Waals surface area contributed by atoms with Crippen molar-refractivity contribution < 1.29 is 23.5 Å². The van der Waals surface area contributed by atoms with E-state index in [-0.39, 0.29) is 12.4 Å². The molecule has 32 heavy (non-hydrogen) atoms. The van der Waals surface area contributed by atoms with E-state index in [2.05, 4.69) is 5.32 Å². The van der Waals surface area contributed by atoms with Crippen LogP contribution in [0.15, 0.2) is 54.6 Å². The van der Waals surface area contributed by atoms with Gasteiger partial charge in [0.2, 0.25) is 5.91 Å². The maximum absolute atomic E-state index is 13.3. The Morgan fingerprint density at radius 3 is 2.50 bits per heavy atom. The van der Waals surface area contributed by atoms with Crippen LogP contribution >= 0.6 is 11.3 Å². The van der Waals surface area contributed by atoms with Gasteiger partial charge in [0.1, 0.15) is 22.1 Å². The maximum Gasteiger partial charge on any atom is 0.341 e. The van der Waals surface area contributed by atoms with Gasteiger partial charge in [-0.05, 0) is 62.2 Å². The summed E-state index contributed by atoms with van der Waals surface area (Å²) in [7, 11) is 0. The lowest BCUT2D eigenvalue weighted by Gasteiger charge is -2.09. The van der Waals surface area contributed by atoms with Gasteiger partial charge in [0.25, 0.3) is 0 Å². The summed E-state index contributed by atoms with van der Waals surface area (Å²) in [6, 6.07) is 13.3. The first-order chi connectivity index (χ1) is 15.4. The highest BCUT2D eigenvalue weighted by Gasteiger charge is 2.25. The second kappa shape index (κ2) is 10.7. The van der Waals surface area contributed by atoms with Gasteiger partial charge in [0, 0.05) is 16.5 Å². The SMILES string of the molecule is CCOC(=O)c1c(NC(=O)/C=C/c2cccc(F)c2)sc(C)c1-c1ccc(OCC)cc1. The zero-order valence-corrected chi connectivity index (χ0v) is 18.9. The molecule has 0 aliphatic carbocycles. The van der Waals surface area contributed by atoms with E-state index in [1.807, 2.05) is 38.1 Å². The number of amides is 1. The molecule has 0 fully saturated rings. The number of halogens is 1. The molecule has 1 heterocycles. The van der Waals surface area contributed by atoms with Gasteiger partial charge in [0.15, 0.2) is 0 Å². The number of hydrogen-bond acceptors (Lipinski definition) is 5. The maximum atomic E-state index is 13.3. The summed E-state index contributed by atoms with van der Waals surface area (Å²) >= 11 is 1.30. The van der Waals surface area contributed by atoms with Crippen LogP contribution in [0.1, 0.15) is 34.6 Å². The van der Waals surface area contributed by atoms with Crippen molar-refractivity contribution in [3.8, 4) is 16.9 Å². The summed E-state index contributed by atoms with van der Waals surface area (Å²) < 4.78 is 24.1. The van der Waals surface area contributed by atoms with E-state index in [1.54, 1.807) is 19.1 Å². The van der Waals surface area contributed by atoms with Crippen LogP contribution in [-0.4, -0.2) is 25.1 Å². The summed E-state index contributed by atoms with van der Waals surface area (Å²) in [4.78, 5) is 26.2. The van der Waals surface area contributed by atoms with Gasteiger partial charge in [-0.1, -0.05) is 24.3 Å². The van der Waals surface area contributed by atoms with Crippen LogP contribution < -0.4 is 10.1 Å². The number of nitrogens with one attached hydrogen (secondary N) is 1. The fourth-order valence-corrected chi connectivity index (χ4v) is 4.27. The third-order valence-corrected chi connectivity index (χ3v) is 5.55. The summed E-state index contributed by atoms with van der Waals surface area (Å²) in [5, 5.41) is 3.17. The van der Waals surface area contributed by atoms with E-state index in [0.29, 0.717) is 28.3 Å². The number of carbonyl (C=O) groups excluding carboxylic acids is 2. The van der Waals surface area contributed by atoms with Gasteiger partial charge in [-0.2, -0.15) is 0 Å². The number of aryl methyl sites for hydroxylation is 1. The average molecular weight is 454 g/mol. The van der Waals surface area contributed by atoms with E-state index in [1.165, 1.54) is 35.6 Å². The predicted octanol–water partition coefficient (Wildman–Crippen LogP) is 6.09. The van der Waals surface area contributed by atoms with Crippen LogP contribution in [0.4, 0.5) is 9.39 Å². The Bertz CT molecular complexity index is 1140. The van der Waals surface area contributed by atoms with Gasteiger partial charge >= 0.3 is 5.97 Å². The molecule has 1 N–H and O–H groups in total. The molecule has 2 aromatic carbocycles. The first kappa shape index (κ1) is 23.2. The van der Waals surface area contributed by atoms with E-state index >= 15 is 0 Å². The van der Waals surface area contributed by atoms with Crippen molar-refractivity contribution in [3.63, 3.8) is 0 Å². The normalized spacial score (nSPS) is 10.9. The highest BCUT2D eigenvalue weighted by atomic mass is 32.1. The number of carbonyl (C=O) groups is 2. The molecule has 1 amide bonds. The van der Waals surface area contributed by atoms with Crippen molar-refractivity contribution >= 4 is 34.3 Å². The zero-order valence-electron chi connectivity index (χ0n) is 18.1. The summed E-state index contributed by atoms with van der Waals surface area (Å²) in [6.07, 6.45) is 2.81. The molecule has 0 atom stereocenters. The van der Waals surface area contributed by atoms with Crippen molar-refractivity contribution in [3.05, 3.63) is 76.4 Å². The number of hydrogen-bond donors (Lipinski definition) is 1. The van der Waals surface area contributed by atoms with Crippen molar-refractivity contribution in [2.45, 2.75) is 20.8 Å².